The molecule has 0 N–H and O–H groups in total. The Morgan fingerprint density at radius 2 is 2.04 bits per heavy atom. The molecule has 0 unspecified atom stereocenters. The molecule has 26 heavy (non-hydrogen) atoms. The predicted molar refractivity (Wildman–Crippen MR) is 97.8 cm³/mol. The number of rotatable bonds is 2. The van der Waals surface area contributed by atoms with Crippen molar-refractivity contribution in [2.45, 2.75) is 26.8 Å². The Kier molecular flexibility index (Phi) is 3.82. The first-order chi connectivity index (χ1) is 12.4. The summed E-state index contributed by atoms with van der Waals surface area (Å²) in [6, 6.07) is 3.46. The van der Waals surface area contributed by atoms with Gasteiger partial charge in [-0.2, -0.15) is 5.10 Å². The Labute approximate surface area is 151 Å². The Bertz CT molecular complexity index is 981. The molecule has 3 heterocycles. The predicted octanol–water partition coefficient (Wildman–Crippen LogP) is 3.10. The SMILES string of the molecule is COc1ccc2c(N3Cc4cnn(C)c4CC(C)(C)C3)ncnc2c1F. The second-order valence-electron chi connectivity index (χ2n) is 7.61. The van der Waals surface area contributed by atoms with Gasteiger partial charge in [-0.1, -0.05) is 13.8 Å². The lowest BCUT2D eigenvalue weighted by atomic mass is 9.87. The van der Waals surface area contributed by atoms with Crippen LogP contribution in [0.1, 0.15) is 25.1 Å². The molecule has 1 aliphatic heterocycles. The zero-order valence-corrected chi connectivity index (χ0v) is 15.5. The van der Waals surface area contributed by atoms with Gasteiger partial charge in [-0.05, 0) is 24.0 Å². The van der Waals surface area contributed by atoms with Gasteiger partial charge in [-0.3, -0.25) is 4.68 Å². The first-order valence-electron chi connectivity index (χ1n) is 8.61. The molecule has 136 valence electrons. The molecule has 0 amide bonds. The molecule has 4 rings (SSSR count). The summed E-state index contributed by atoms with van der Waals surface area (Å²) >= 11 is 0. The minimum atomic E-state index is -0.454. The summed E-state index contributed by atoms with van der Waals surface area (Å²) in [4.78, 5) is 10.8. The molecule has 0 saturated carbocycles. The topological polar surface area (TPSA) is 56.1 Å². The van der Waals surface area contributed by atoms with Crippen molar-refractivity contribution < 1.29 is 9.13 Å². The van der Waals surface area contributed by atoms with E-state index in [9.17, 15) is 4.39 Å². The van der Waals surface area contributed by atoms with E-state index in [2.05, 4.69) is 33.8 Å². The molecule has 2 aromatic heterocycles. The second kappa shape index (κ2) is 5.93. The van der Waals surface area contributed by atoms with Gasteiger partial charge < -0.3 is 9.64 Å². The Morgan fingerprint density at radius 3 is 2.81 bits per heavy atom. The quantitative estimate of drug-likeness (QED) is 0.707. The number of anilines is 1. The van der Waals surface area contributed by atoms with Gasteiger partial charge in [0.2, 0.25) is 0 Å². The van der Waals surface area contributed by atoms with Crippen LogP contribution in [-0.2, 0) is 20.0 Å². The largest absolute Gasteiger partial charge is 0.494 e. The highest BCUT2D eigenvalue weighted by Crippen LogP contribution is 2.35. The maximum absolute atomic E-state index is 14.6. The molecule has 1 aromatic carbocycles. The number of ether oxygens (including phenoxy) is 1. The van der Waals surface area contributed by atoms with Crippen LogP contribution in [0.5, 0.6) is 5.75 Å². The lowest BCUT2D eigenvalue weighted by Crippen LogP contribution is -2.33. The third kappa shape index (κ3) is 2.67. The molecule has 7 heteroatoms. The van der Waals surface area contributed by atoms with Crippen LogP contribution in [0.3, 0.4) is 0 Å². The fourth-order valence-corrected chi connectivity index (χ4v) is 3.78. The molecule has 0 saturated heterocycles. The van der Waals surface area contributed by atoms with Crippen molar-refractivity contribution in [3.05, 3.63) is 41.7 Å². The van der Waals surface area contributed by atoms with Crippen molar-refractivity contribution in [3.8, 4) is 5.75 Å². The summed E-state index contributed by atoms with van der Waals surface area (Å²) in [6.45, 7) is 5.96. The van der Waals surface area contributed by atoms with Gasteiger partial charge >= 0.3 is 0 Å². The lowest BCUT2D eigenvalue weighted by molar-refractivity contribution is 0.361. The summed E-state index contributed by atoms with van der Waals surface area (Å²) in [5.41, 5.74) is 2.73. The average Bonchev–Trinajstić information content (AvgIpc) is 2.86. The molecular weight excluding hydrogens is 333 g/mol. The zero-order chi connectivity index (χ0) is 18.5. The van der Waals surface area contributed by atoms with Crippen LogP contribution >= 0.6 is 0 Å². The van der Waals surface area contributed by atoms with Crippen LogP contribution in [0.15, 0.2) is 24.7 Å². The number of hydrogen-bond donors (Lipinski definition) is 0. The Morgan fingerprint density at radius 1 is 1.23 bits per heavy atom. The van der Waals surface area contributed by atoms with Crippen molar-refractivity contribution in [2.24, 2.45) is 12.5 Å². The Hall–Kier alpha value is -2.70. The summed E-state index contributed by atoms with van der Waals surface area (Å²) in [5, 5.41) is 5.10. The van der Waals surface area contributed by atoms with Crippen molar-refractivity contribution in [1.82, 2.24) is 19.7 Å². The van der Waals surface area contributed by atoms with Gasteiger partial charge in [0.05, 0.1) is 13.3 Å². The van der Waals surface area contributed by atoms with Gasteiger partial charge in [-0.25, -0.2) is 14.4 Å². The third-order valence-electron chi connectivity index (χ3n) is 4.98. The fraction of sp³-hybridized carbons (Fsp3) is 0.421. The van der Waals surface area contributed by atoms with Crippen LogP contribution in [0.2, 0.25) is 0 Å². The van der Waals surface area contributed by atoms with Gasteiger partial charge in [0.25, 0.3) is 0 Å². The van der Waals surface area contributed by atoms with Gasteiger partial charge in [0.1, 0.15) is 17.7 Å². The number of halogens is 1. The summed E-state index contributed by atoms with van der Waals surface area (Å²) in [5.74, 6) is 0.471. The molecule has 0 radical (unpaired) electrons. The zero-order valence-electron chi connectivity index (χ0n) is 15.5. The van der Waals surface area contributed by atoms with Gasteiger partial charge in [-0.15, -0.1) is 0 Å². The van der Waals surface area contributed by atoms with Crippen molar-refractivity contribution in [2.75, 3.05) is 18.6 Å². The van der Waals surface area contributed by atoms with Gasteiger partial charge in [0, 0.05) is 36.8 Å². The normalized spacial score (nSPS) is 16.4. The standard InChI is InChI=1S/C19H22FN5O/c1-19(2)7-14-12(8-23-24(14)3)9-25(10-19)18-13-5-6-15(26-4)16(20)17(13)21-11-22-18/h5-6,8,11H,7,9-10H2,1-4H3. The van der Waals surface area contributed by atoms with Gasteiger partial charge in [0.15, 0.2) is 11.6 Å². The second-order valence-corrected chi connectivity index (χ2v) is 7.61. The number of fused-ring (bicyclic) bond motifs is 2. The molecule has 0 spiro atoms. The van der Waals surface area contributed by atoms with E-state index in [0.717, 1.165) is 18.8 Å². The molecule has 1 aliphatic rings. The highest BCUT2D eigenvalue weighted by molar-refractivity contribution is 5.90. The average molecular weight is 355 g/mol. The van der Waals surface area contributed by atoms with Crippen LogP contribution < -0.4 is 9.64 Å². The minimum absolute atomic E-state index is 0.0291. The molecule has 0 atom stereocenters. The van der Waals surface area contributed by atoms with Crippen molar-refractivity contribution in [3.63, 3.8) is 0 Å². The number of nitrogens with zero attached hydrogens (tertiary/aromatic N) is 5. The van der Waals surface area contributed by atoms with E-state index < -0.39 is 5.82 Å². The molecule has 0 fully saturated rings. The molecule has 0 aliphatic carbocycles. The van der Waals surface area contributed by atoms with E-state index in [1.165, 1.54) is 24.7 Å². The minimum Gasteiger partial charge on any atom is -0.494 e. The number of methoxy groups -OCH3 is 1. The van der Waals surface area contributed by atoms with Crippen LogP contribution in [0.25, 0.3) is 10.9 Å². The first kappa shape index (κ1) is 16.8. The van der Waals surface area contributed by atoms with E-state index in [4.69, 9.17) is 4.74 Å². The highest BCUT2D eigenvalue weighted by Gasteiger charge is 2.31. The van der Waals surface area contributed by atoms with E-state index in [-0.39, 0.29) is 16.7 Å². The third-order valence-corrected chi connectivity index (χ3v) is 4.98. The fourth-order valence-electron chi connectivity index (χ4n) is 3.78. The summed E-state index contributed by atoms with van der Waals surface area (Å²) in [6.07, 6.45) is 4.26. The first-order valence-corrected chi connectivity index (χ1v) is 8.61. The van der Waals surface area contributed by atoms with Crippen LogP contribution in [-0.4, -0.2) is 33.4 Å². The molecule has 0 bridgehead atoms. The number of hydrogen-bond acceptors (Lipinski definition) is 5. The molecule has 3 aromatic rings. The number of aryl methyl sites for hydroxylation is 1. The maximum Gasteiger partial charge on any atom is 0.191 e. The van der Waals surface area contributed by atoms with Crippen LogP contribution in [0.4, 0.5) is 10.2 Å². The summed E-state index contributed by atoms with van der Waals surface area (Å²) < 4.78 is 21.7. The van der Waals surface area contributed by atoms with E-state index in [1.54, 1.807) is 6.07 Å². The number of aromatic nitrogens is 4. The maximum atomic E-state index is 14.6. The molecular formula is C19H22FN5O. The number of benzene rings is 1. The Balaban J connectivity index is 1.85. The lowest BCUT2D eigenvalue weighted by Gasteiger charge is -2.31. The van der Waals surface area contributed by atoms with Crippen molar-refractivity contribution >= 4 is 16.7 Å². The van der Waals surface area contributed by atoms with Crippen LogP contribution in [0, 0.1) is 11.2 Å². The monoisotopic (exact) mass is 355 g/mol. The van der Waals surface area contributed by atoms with E-state index in [0.29, 0.717) is 11.9 Å². The molecule has 6 nitrogen and oxygen atoms in total. The smallest absolute Gasteiger partial charge is 0.191 e. The van der Waals surface area contributed by atoms with E-state index >= 15 is 0 Å². The summed E-state index contributed by atoms with van der Waals surface area (Å²) in [7, 11) is 3.43. The van der Waals surface area contributed by atoms with Crippen molar-refractivity contribution in [1.29, 1.82) is 0 Å². The highest BCUT2D eigenvalue weighted by atomic mass is 19.1. The van der Waals surface area contributed by atoms with E-state index in [1.807, 2.05) is 24.0 Å².